The van der Waals surface area contributed by atoms with Crippen molar-refractivity contribution in [1.29, 1.82) is 0 Å². The van der Waals surface area contributed by atoms with Crippen molar-refractivity contribution < 1.29 is 9.53 Å². The van der Waals surface area contributed by atoms with E-state index in [0.717, 1.165) is 51.5 Å². The summed E-state index contributed by atoms with van der Waals surface area (Å²) in [6, 6.07) is 2.67. The molecular weight excluding hydrogens is 254 g/mol. The van der Waals surface area contributed by atoms with Gasteiger partial charge in [-0.15, -0.1) is 0 Å². The summed E-state index contributed by atoms with van der Waals surface area (Å²) in [5, 5.41) is 0. The van der Waals surface area contributed by atoms with Crippen LogP contribution in [0.25, 0.3) is 0 Å². The third-order valence-electron chi connectivity index (χ3n) is 4.44. The second-order valence-electron chi connectivity index (χ2n) is 5.89. The number of aromatic nitrogens is 1. The Labute approximate surface area is 120 Å². The first-order chi connectivity index (χ1) is 9.63. The average molecular weight is 277 g/mol. The Kier molecular flexibility index (Phi) is 3.92. The maximum absolute atomic E-state index is 11.4. The molecule has 0 bridgehead atoms. The Hall–Kier alpha value is -1.17. The first-order valence-electron chi connectivity index (χ1n) is 7.34. The van der Waals surface area contributed by atoms with Crippen LogP contribution >= 0.6 is 0 Å². The summed E-state index contributed by atoms with van der Waals surface area (Å²) in [4.78, 5) is 16.4. The van der Waals surface area contributed by atoms with Crippen molar-refractivity contribution in [3.05, 3.63) is 23.5 Å². The molecule has 0 radical (unpaired) electrons. The number of hydrogen-bond acceptors (Lipinski definition) is 4. The molecular formula is C15H23N3O2. The van der Waals surface area contributed by atoms with Crippen LogP contribution in [0.4, 0.5) is 0 Å². The number of ether oxygens (including phenoxy) is 1. The van der Waals surface area contributed by atoms with Gasteiger partial charge in [-0.3, -0.25) is 14.6 Å². The summed E-state index contributed by atoms with van der Waals surface area (Å²) in [5.41, 5.74) is 2.03. The van der Waals surface area contributed by atoms with E-state index in [0.29, 0.717) is 6.04 Å². The van der Waals surface area contributed by atoms with Crippen molar-refractivity contribution in [3.63, 3.8) is 0 Å². The fraction of sp³-hybridized carbons (Fsp3) is 0.667. The molecule has 0 atom stereocenters. The highest BCUT2D eigenvalue weighted by molar-refractivity contribution is 5.94. The number of ketones is 1. The predicted octanol–water partition coefficient (Wildman–Crippen LogP) is 0.744. The SMILES string of the molecule is CC(=O)c1cc(CN2CCN(C3COC3)CC2)n(C)c1. The molecule has 0 N–H and O–H groups in total. The van der Waals surface area contributed by atoms with Crippen LogP contribution in [0, 0.1) is 0 Å². The Morgan fingerprint density at radius 3 is 2.50 bits per heavy atom. The monoisotopic (exact) mass is 277 g/mol. The van der Waals surface area contributed by atoms with Crippen LogP contribution < -0.4 is 0 Å². The zero-order chi connectivity index (χ0) is 14.1. The number of Topliss-reactive ketones (excluding diaryl/α,β-unsaturated/α-hetero) is 1. The third kappa shape index (κ3) is 2.80. The molecule has 1 aromatic rings. The minimum atomic E-state index is 0.140. The van der Waals surface area contributed by atoms with Crippen LogP contribution in [-0.4, -0.2) is 65.6 Å². The first kappa shape index (κ1) is 13.8. The Bertz CT molecular complexity index is 485. The summed E-state index contributed by atoms with van der Waals surface area (Å²) >= 11 is 0. The van der Waals surface area contributed by atoms with E-state index in [-0.39, 0.29) is 5.78 Å². The van der Waals surface area contributed by atoms with E-state index in [1.807, 2.05) is 19.3 Å². The van der Waals surface area contributed by atoms with E-state index in [1.54, 1.807) is 6.92 Å². The maximum Gasteiger partial charge on any atom is 0.161 e. The highest BCUT2D eigenvalue weighted by atomic mass is 16.5. The number of hydrogen-bond donors (Lipinski definition) is 0. The van der Waals surface area contributed by atoms with Crippen molar-refractivity contribution in [3.8, 4) is 0 Å². The fourth-order valence-electron chi connectivity index (χ4n) is 2.91. The lowest BCUT2D eigenvalue weighted by molar-refractivity contribution is -0.0775. The van der Waals surface area contributed by atoms with Crippen LogP contribution in [0.5, 0.6) is 0 Å². The van der Waals surface area contributed by atoms with E-state index in [2.05, 4.69) is 14.4 Å². The number of aryl methyl sites for hydroxylation is 1. The fourth-order valence-corrected chi connectivity index (χ4v) is 2.91. The molecule has 0 aliphatic carbocycles. The van der Waals surface area contributed by atoms with Gasteiger partial charge in [-0.05, 0) is 13.0 Å². The predicted molar refractivity (Wildman–Crippen MR) is 76.9 cm³/mol. The number of piperazine rings is 1. The molecule has 5 nitrogen and oxygen atoms in total. The molecule has 3 rings (SSSR count). The molecule has 2 aliphatic heterocycles. The van der Waals surface area contributed by atoms with E-state index in [4.69, 9.17) is 4.74 Å². The average Bonchev–Trinajstić information content (AvgIpc) is 2.72. The van der Waals surface area contributed by atoms with Crippen molar-refractivity contribution in [2.75, 3.05) is 39.4 Å². The number of nitrogens with zero attached hydrogens (tertiary/aromatic N) is 3. The third-order valence-corrected chi connectivity index (χ3v) is 4.44. The van der Waals surface area contributed by atoms with Gasteiger partial charge in [0, 0.05) is 57.2 Å². The largest absolute Gasteiger partial charge is 0.378 e. The molecule has 0 unspecified atom stereocenters. The number of rotatable bonds is 4. The standard InChI is InChI=1S/C15H23N3O2/c1-12(19)13-7-14(16(2)8-13)9-17-3-5-18(6-4-17)15-10-20-11-15/h7-8,15H,3-6,9-11H2,1-2H3. The summed E-state index contributed by atoms with van der Waals surface area (Å²) in [5.74, 6) is 0.140. The van der Waals surface area contributed by atoms with Crippen LogP contribution in [0.2, 0.25) is 0 Å². The maximum atomic E-state index is 11.4. The zero-order valence-corrected chi connectivity index (χ0v) is 12.3. The van der Waals surface area contributed by atoms with Gasteiger partial charge in [-0.2, -0.15) is 0 Å². The zero-order valence-electron chi connectivity index (χ0n) is 12.3. The van der Waals surface area contributed by atoms with Crippen LogP contribution in [0.15, 0.2) is 12.3 Å². The van der Waals surface area contributed by atoms with Gasteiger partial charge in [0.05, 0.1) is 19.3 Å². The quantitative estimate of drug-likeness (QED) is 0.761. The number of carbonyl (C=O) groups is 1. The van der Waals surface area contributed by atoms with E-state index in [9.17, 15) is 4.79 Å². The van der Waals surface area contributed by atoms with E-state index >= 15 is 0 Å². The Balaban J connectivity index is 1.55. The van der Waals surface area contributed by atoms with Crippen LogP contribution in [0.1, 0.15) is 23.0 Å². The summed E-state index contributed by atoms with van der Waals surface area (Å²) in [6.45, 7) is 8.79. The van der Waals surface area contributed by atoms with E-state index < -0.39 is 0 Å². The van der Waals surface area contributed by atoms with Gasteiger partial charge >= 0.3 is 0 Å². The minimum Gasteiger partial charge on any atom is -0.378 e. The highest BCUT2D eigenvalue weighted by Crippen LogP contribution is 2.16. The van der Waals surface area contributed by atoms with Gasteiger partial charge in [-0.1, -0.05) is 0 Å². The van der Waals surface area contributed by atoms with Gasteiger partial charge in [0.2, 0.25) is 0 Å². The van der Waals surface area contributed by atoms with Gasteiger partial charge in [-0.25, -0.2) is 0 Å². The van der Waals surface area contributed by atoms with E-state index in [1.165, 1.54) is 5.69 Å². The molecule has 1 aromatic heterocycles. The lowest BCUT2D eigenvalue weighted by atomic mass is 10.1. The summed E-state index contributed by atoms with van der Waals surface area (Å²) < 4.78 is 7.33. The van der Waals surface area contributed by atoms with Gasteiger partial charge in [0.15, 0.2) is 5.78 Å². The van der Waals surface area contributed by atoms with Crippen LogP contribution in [0.3, 0.4) is 0 Å². The minimum absolute atomic E-state index is 0.140. The smallest absolute Gasteiger partial charge is 0.161 e. The highest BCUT2D eigenvalue weighted by Gasteiger charge is 2.28. The summed E-state index contributed by atoms with van der Waals surface area (Å²) in [7, 11) is 2.02. The molecule has 0 amide bonds. The first-order valence-corrected chi connectivity index (χ1v) is 7.34. The molecule has 2 saturated heterocycles. The molecule has 5 heteroatoms. The Morgan fingerprint density at radius 1 is 1.30 bits per heavy atom. The van der Waals surface area contributed by atoms with Gasteiger partial charge in [0.1, 0.15) is 0 Å². The topological polar surface area (TPSA) is 37.7 Å². The van der Waals surface area contributed by atoms with Crippen molar-refractivity contribution in [2.24, 2.45) is 7.05 Å². The molecule has 2 aliphatic rings. The molecule has 0 spiro atoms. The molecule has 110 valence electrons. The van der Waals surface area contributed by atoms with Crippen molar-refractivity contribution in [2.45, 2.75) is 19.5 Å². The van der Waals surface area contributed by atoms with Gasteiger partial charge < -0.3 is 9.30 Å². The van der Waals surface area contributed by atoms with Gasteiger partial charge in [0.25, 0.3) is 0 Å². The summed E-state index contributed by atoms with van der Waals surface area (Å²) in [6.07, 6.45) is 1.93. The number of carbonyl (C=O) groups excluding carboxylic acids is 1. The molecule has 3 heterocycles. The second-order valence-corrected chi connectivity index (χ2v) is 5.89. The molecule has 20 heavy (non-hydrogen) atoms. The molecule has 0 aromatic carbocycles. The molecule has 2 fully saturated rings. The van der Waals surface area contributed by atoms with Crippen LogP contribution in [-0.2, 0) is 18.3 Å². The van der Waals surface area contributed by atoms with Crippen molar-refractivity contribution in [1.82, 2.24) is 14.4 Å². The Morgan fingerprint density at radius 2 is 2.00 bits per heavy atom. The lowest BCUT2D eigenvalue weighted by Crippen LogP contribution is -2.56. The van der Waals surface area contributed by atoms with Crippen molar-refractivity contribution >= 4 is 5.78 Å². The second kappa shape index (κ2) is 5.68. The molecule has 0 saturated carbocycles. The normalized spacial score (nSPS) is 21.9. The lowest BCUT2D eigenvalue weighted by Gasteiger charge is -2.42.